The summed E-state index contributed by atoms with van der Waals surface area (Å²) in [5.74, 6) is -1.12. The zero-order valence-corrected chi connectivity index (χ0v) is 10.2. The van der Waals surface area contributed by atoms with E-state index in [9.17, 15) is 9.59 Å². The van der Waals surface area contributed by atoms with E-state index >= 15 is 0 Å². The van der Waals surface area contributed by atoms with Gasteiger partial charge < -0.3 is 4.74 Å². The summed E-state index contributed by atoms with van der Waals surface area (Å²) < 4.78 is 4.81. The van der Waals surface area contributed by atoms with Crippen molar-refractivity contribution in [2.45, 2.75) is 12.3 Å². The fourth-order valence-electron chi connectivity index (χ4n) is 1.12. The molecule has 0 N–H and O–H groups in total. The molecule has 1 aromatic rings. The van der Waals surface area contributed by atoms with Gasteiger partial charge in [-0.3, -0.25) is 4.79 Å². The Bertz CT molecular complexity index is 412. The van der Waals surface area contributed by atoms with Gasteiger partial charge in [-0.15, -0.1) is 11.6 Å². The Balaban J connectivity index is 2.36. The van der Waals surface area contributed by atoms with Crippen LogP contribution in [0.15, 0.2) is 36.4 Å². The second kappa shape index (κ2) is 6.86. The van der Waals surface area contributed by atoms with Gasteiger partial charge in [0, 0.05) is 0 Å². The van der Waals surface area contributed by atoms with Crippen LogP contribution in [-0.2, 0) is 14.3 Å². The standard InChI is InChI=1S/C13H13ClO3/c1-10(15)12(14)13(16)17-9-5-8-11-6-3-2-4-7-11/h2-8,12H,9H2,1H3. The summed E-state index contributed by atoms with van der Waals surface area (Å²) in [5, 5.41) is -1.21. The van der Waals surface area contributed by atoms with Gasteiger partial charge in [0.1, 0.15) is 6.61 Å². The molecule has 1 atom stereocenters. The number of rotatable bonds is 5. The molecule has 1 rings (SSSR count). The van der Waals surface area contributed by atoms with E-state index in [1.54, 1.807) is 6.08 Å². The lowest BCUT2D eigenvalue weighted by Gasteiger charge is -2.04. The summed E-state index contributed by atoms with van der Waals surface area (Å²) in [6, 6.07) is 9.60. The van der Waals surface area contributed by atoms with Crippen molar-refractivity contribution in [3.8, 4) is 0 Å². The number of benzene rings is 1. The predicted molar refractivity (Wildman–Crippen MR) is 66.8 cm³/mol. The van der Waals surface area contributed by atoms with Crippen LogP contribution < -0.4 is 0 Å². The Morgan fingerprint density at radius 2 is 2.00 bits per heavy atom. The second-order valence-electron chi connectivity index (χ2n) is 3.42. The topological polar surface area (TPSA) is 43.4 Å². The van der Waals surface area contributed by atoms with Crippen molar-refractivity contribution in [2.24, 2.45) is 0 Å². The average Bonchev–Trinajstić information content (AvgIpc) is 2.34. The molecule has 0 aromatic heterocycles. The highest BCUT2D eigenvalue weighted by Crippen LogP contribution is 2.03. The Morgan fingerprint density at radius 3 is 2.59 bits per heavy atom. The van der Waals surface area contributed by atoms with Crippen molar-refractivity contribution in [3.05, 3.63) is 42.0 Å². The zero-order valence-electron chi connectivity index (χ0n) is 9.43. The van der Waals surface area contributed by atoms with E-state index in [1.165, 1.54) is 6.92 Å². The molecule has 0 spiro atoms. The molecule has 1 aromatic carbocycles. The fourth-order valence-corrected chi connectivity index (χ4v) is 1.18. The second-order valence-corrected chi connectivity index (χ2v) is 3.85. The number of esters is 1. The smallest absolute Gasteiger partial charge is 0.332 e. The number of carbonyl (C=O) groups is 2. The highest BCUT2D eigenvalue weighted by Gasteiger charge is 2.20. The molecule has 0 saturated heterocycles. The van der Waals surface area contributed by atoms with E-state index < -0.39 is 17.1 Å². The van der Waals surface area contributed by atoms with Crippen molar-refractivity contribution in [1.82, 2.24) is 0 Å². The summed E-state index contributed by atoms with van der Waals surface area (Å²) in [6.45, 7) is 1.35. The lowest BCUT2D eigenvalue weighted by molar-refractivity contribution is -0.144. The van der Waals surface area contributed by atoms with Crippen molar-refractivity contribution in [2.75, 3.05) is 6.61 Å². The van der Waals surface area contributed by atoms with Crippen LogP contribution in [0.5, 0.6) is 0 Å². The van der Waals surface area contributed by atoms with Crippen LogP contribution in [0.1, 0.15) is 12.5 Å². The zero-order chi connectivity index (χ0) is 12.7. The van der Waals surface area contributed by atoms with Gasteiger partial charge in [-0.1, -0.05) is 36.4 Å². The number of ketones is 1. The van der Waals surface area contributed by atoms with Crippen LogP contribution >= 0.6 is 11.6 Å². The number of Topliss-reactive ketones (excluding diaryl/α,β-unsaturated/α-hetero) is 1. The highest BCUT2D eigenvalue weighted by molar-refractivity contribution is 6.40. The minimum atomic E-state index is -1.21. The molecule has 0 heterocycles. The van der Waals surface area contributed by atoms with Gasteiger partial charge in [-0.25, -0.2) is 4.79 Å². The monoisotopic (exact) mass is 252 g/mol. The lowest BCUT2D eigenvalue weighted by Crippen LogP contribution is -2.24. The van der Waals surface area contributed by atoms with Gasteiger partial charge in [0.15, 0.2) is 11.2 Å². The first-order valence-electron chi connectivity index (χ1n) is 5.14. The number of alkyl halides is 1. The molecule has 0 bridgehead atoms. The molecule has 0 saturated carbocycles. The molecule has 3 nitrogen and oxygen atoms in total. The first-order valence-corrected chi connectivity index (χ1v) is 5.57. The SMILES string of the molecule is CC(=O)C(Cl)C(=O)OCC=Cc1ccccc1. The van der Waals surface area contributed by atoms with Crippen molar-refractivity contribution in [3.63, 3.8) is 0 Å². The molecular formula is C13H13ClO3. The van der Waals surface area contributed by atoms with Crippen molar-refractivity contribution < 1.29 is 14.3 Å². The first-order chi connectivity index (χ1) is 8.11. The summed E-state index contributed by atoms with van der Waals surface area (Å²) in [6.07, 6.45) is 3.52. The Kier molecular flexibility index (Phi) is 5.43. The first kappa shape index (κ1) is 13.5. The summed E-state index contributed by atoms with van der Waals surface area (Å²) in [4.78, 5) is 22.0. The molecule has 1 unspecified atom stereocenters. The Hall–Kier alpha value is -1.61. The third kappa shape index (κ3) is 4.83. The van der Waals surface area contributed by atoms with Gasteiger partial charge in [-0.2, -0.15) is 0 Å². The van der Waals surface area contributed by atoms with Crippen LogP contribution in [0.4, 0.5) is 0 Å². The van der Waals surface area contributed by atoms with E-state index in [-0.39, 0.29) is 6.61 Å². The Labute approximate surface area is 105 Å². The highest BCUT2D eigenvalue weighted by atomic mass is 35.5. The molecule has 17 heavy (non-hydrogen) atoms. The van der Waals surface area contributed by atoms with Crippen LogP contribution in [-0.4, -0.2) is 23.7 Å². The van der Waals surface area contributed by atoms with E-state index in [0.717, 1.165) is 5.56 Å². The quantitative estimate of drug-likeness (QED) is 0.459. The van der Waals surface area contributed by atoms with Gasteiger partial charge in [0.2, 0.25) is 0 Å². The molecule has 90 valence electrons. The summed E-state index contributed by atoms with van der Waals surface area (Å²) >= 11 is 5.51. The normalized spacial score (nSPS) is 12.4. The number of ether oxygens (including phenoxy) is 1. The van der Waals surface area contributed by atoms with Crippen LogP contribution in [0.3, 0.4) is 0 Å². The maximum absolute atomic E-state index is 11.2. The van der Waals surface area contributed by atoms with E-state index in [2.05, 4.69) is 0 Å². The third-order valence-electron chi connectivity index (χ3n) is 2.00. The largest absolute Gasteiger partial charge is 0.460 e. The van der Waals surface area contributed by atoms with E-state index in [4.69, 9.17) is 16.3 Å². The lowest BCUT2D eigenvalue weighted by atomic mass is 10.2. The average molecular weight is 253 g/mol. The molecule has 0 aliphatic rings. The number of halogens is 1. The van der Waals surface area contributed by atoms with Crippen molar-refractivity contribution in [1.29, 1.82) is 0 Å². The minimum absolute atomic E-state index is 0.101. The molecule has 0 aliphatic carbocycles. The minimum Gasteiger partial charge on any atom is -0.460 e. The molecule has 0 amide bonds. The van der Waals surface area contributed by atoms with E-state index in [1.807, 2.05) is 36.4 Å². The number of hydrogen-bond acceptors (Lipinski definition) is 3. The van der Waals surface area contributed by atoms with Crippen LogP contribution in [0, 0.1) is 0 Å². The third-order valence-corrected chi connectivity index (χ3v) is 2.48. The molecular weight excluding hydrogens is 240 g/mol. The predicted octanol–water partition coefficient (Wildman–Crippen LogP) is 2.44. The molecule has 4 heteroatoms. The molecule has 0 radical (unpaired) electrons. The maximum Gasteiger partial charge on any atom is 0.332 e. The van der Waals surface area contributed by atoms with Gasteiger partial charge in [-0.05, 0) is 18.6 Å². The maximum atomic E-state index is 11.2. The van der Waals surface area contributed by atoms with Gasteiger partial charge in [0.05, 0.1) is 0 Å². The molecule has 0 fully saturated rings. The number of carbonyl (C=O) groups excluding carboxylic acids is 2. The van der Waals surface area contributed by atoms with E-state index in [0.29, 0.717) is 0 Å². The van der Waals surface area contributed by atoms with Crippen LogP contribution in [0.25, 0.3) is 6.08 Å². The molecule has 0 aliphatic heterocycles. The Morgan fingerprint density at radius 1 is 1.35 bits per heavy atom. The van der Waals surface area contributed by atoms with Crippen LogP contribution in [0.2, 0.25) is 0 Å². The fraction of sp³-hybridized carbons (Fsp3) is 0.231. The van der Waals surface area contributed by atoms with Crippen molar-refractivity contribution >= 4 is 29.4 Å². The van der Waals surface area contributed by atoms with Gasteiger partial charge in [0.25, 0.3) is 0 Å². The summed E-state index contributed by atoms with van der Waals surface area (Å²) in [5.41, 5.74) is 1.01. The number of hydrogen-bond donors (Lipinski definition) is 0. The van der Waals surface area contributed by atoms with Gasteiger partial charge >= 0.3 is 5.97 Å². The summed E-state index contributed by atoms with van der Waals surface area (Å²) in [7, 11) is 0.